The van der Waals surface area contributed by atoms with Crippen molar-refractivity contribution in [2.24, 2.45) is 5.92 Å². The van der Waals surface area contributed by atoms with Gasteiger partial charge in [-0.2, -0.15) is 0 Å². The van der Waals surface area contributed by atoms with Gasteiger partial charge in [0, 0.05) is 18.0 Å². The summed E-state index contributed by atoms with van der Waals surface area (Å²) in [5.41, 5.74) is -0.456. The molecule has 0 aliphatic carbocycles. The molecule has 1 unspecified atom stereocenters. The van der Waals surface area contributed by atoms with E-state index in [1.165, 1.54) is 13.2 Å². The van der Waals surface area contributed by atoms with Gasteiger partial charge >= 0.3 is 0 Å². The van der Waals surface area contributed by atoms with Crippen LogP contribution in [-0.2, 0) is 9.84 Å². The molecular formula is C11H14ClNO5S. The van der Waals surface area contributed by atoms with Crippen molar-refractivity contribution in [3.63, 3.8) is 0 Å². The summed E-state index contributed by atoms with van der Waals surface area (Å²) in [7, 11) is -2.43. The molecule has 0 fully saturated rings. The number of ether oxygens (including phenoxy) is 1. The van der Waals surface area contributed by atoms with Gasteiger partial charge in [-0.05, 0) is 12.0 Å². The largest absolute Gasteiger partial charge is 0.497 e. The highest BCUT2D eigenvalue weighted by Gasteiger charge is 2.27. The fourth-order valence-corrected chi connectivity index (χ4v) is 3.57. The van der Waals surface area contributed by atoms with E-state index in [-0.39, 0.29) is 28.2 Å². The fourth-order valence-electron chi connectivity index (χ4n) is 1.53. The first kappa shape index (κ1) is 15.7. The van der Waals surface area contributed by atoms with Crippen LogP contribution in [0.2, 0.25) is 0 Å². The average molecular weight is 308 g/mol. The molecule has 1 aromatic carbocycles. The third kappa shape index (κ3) is 3.81. The first-order valence-electron chi connectivity index (χ1n) is 5.43. The van der Waals surface area contributed by atoms with E-state index >= 15 is 0 Å². The van der Waals surface area contributed by atoms with Crippen molar-refractivity contribution in [1.82, 2.24) is 0 Å². The Balaban J connectivity index is 3.33. The quantitative estimate of drug-likeness (QED) is 0.457. The Hall–Kier alpha value is -1.34. The van der Waals surface area contributed by atoms with E-state index in [2.05, 4.69) is 0 Å². The predicted molar refractivity (Wildman–Crippen MR) is 71.6 cm³/mol. The summed E-state index contributed by atoms with van der Waals surface area (Å²) in [6.45, 7) is 1.66. The number of nitro benzene ring substituents is 1. The van der Waals surface area contributed by atoms with Gasteiger partial charge in [0.15, 0.2) is 9.84 Å². The summed E-state index contributed by atoms with van der Waals surface area (Å²) in [5, 5.41) is 10.9. The molecule has 1 rings (SSSR count). The van der Waals surface area contributed by atoms with E-state index in [9.17, 15) is 18.5 Å². The minimum Gasteiger partial charge on any atom is -0.497 e. The van der Waals surface area contributed by atoms with Crippen LogP contribution in [0.25, 0.3) is 0 Å². The van der Waals surface area contributed by atoms with E-state index in [1.807, 2.05) is 0 Å². The zero-order chi connectivity index (χ0) is 14.6. The third-order valence-corrected chi connectivity index (χ3v) is 5.00. The Kier molecular flexibility index (Phi) is 5.13. The van der Waals surface area contributed by atoms with Crippen LogP contribution in [-0.4, -0.2) is 32.1 Å². The Bertz CT molecular complexity index is 572. The van der Waals surface area contributed by atoms with Crippen LogP contribution in [0.4, 0.5) is 5.69 Å². The van der Waals surface area contributed by atoms with Crippen LogP contribution in [0.1, 0.15) is 6.92 Å². The summed E-state index contributed by atoms with van der Waals surface area (Å²) in [5.74, 6) is -0.123. The molecule has 0 radical (unpaired) electrons. The smallest absolute Gasteiger partial charge is 0.288 e. The van der Waals surface area contributed by atoms with E-state index in [4.69, 9.17) is 16.3 Å². The maximum absolute atomic E-state index is 12.2. The normalized spacial score (nSPS) is 13.0. The molecule has 0 aliphatic heterocycles. The van der Waals surface area contributed by atoms with Crippen LogP contribution in [0, 0.1) is 16.0 Å². The molecule has 0 aliphatic rings. The van der Waals surface area contributed by atoms with E-state index in [1.54, 1.807) is 6.92 Å². The Morgan fingerprint density at radius 2 is 2.11 bits per heavy atom. The van der Waals surface area contributed by atoms with Crippen molar-refractivity contribution in [2.45, 2.75) is 11.8 Å². The van der Waals surface area contributed by atoms with Crippen LogP contribution in [0.5, 0.6) is 5.75 Å². The van der Waals surface area contributed by atoms with Gasteiger partial charge in [0.05, 0.1) is 17.8 Å². The highest BCUT2D eigenvalue weighted by Crippen LogP contribution is 2.29. The molecule has 0 amide bonds. The summed E-state index contributed by atoms with van der Waals surface area (Å²) in [6.07, 6.45) is 0. The molecule has 106 valence electrons. The molecule has 0 spiro atoms. The number of hydrogen-bond acceptors (Lipinski definition) is 5. The topological polar surface area (TPSA) is 86.5 Å². The van der Waals surface area contributed by atoms with Crippen molar-refractivity contribution in [3.8, 4) is 5.75 Å². The monoisotopic (exact) mass is 307 g/mol. The fraction of sp³-hybridized carbons (Fsp3) is 0.455. The summed E-state index contributed by atoms with van der Waals surface area (Å²) < 4.78 is 29.3. The van der Waals surface area contributed by atoms with Crippen LogP contribution in [0.15, 0.2) is 23.1 Å². The molecule has 19 heavy (non-hydrogen) atoms. The minimum absolute atomic E-state index is 0.164. The zero-order valence-corrected chi connectivity index (χ0v) is 12.1. The van der Waals surface area contributed by atoms with Crippen LogP contribution in [0.3, 0.4) is 0 Å². The minimum atomic E-state index is -3.79. The molecule has 0 heterocycles. The molecule has 0 saturated heterocycles. The number of nitro groups is 1. The van der Waals surface area contributed by atoms with Gasteiger partial charge in [0.25, 0.3) is 5.69 Å². The molecule has 1 aromatic rings. The zero-order valence-electron chi connectivity index (χ0n) is 10.5. The molecular weight excluding hydrogens is 294 g/mol. The molecule has 8 heteroatoms. The van der Waals surface area contributed by atoms with Gasteiger partial charge < -0.3 is 4.74 Å². The second-order valence-corrected chi connectivity index (χ2v) is 6.44. The molecule has 0 bridgehead atoms. The van der Waals surface area contributed by atoms with Crippen LogP contribution >= 0.6 is 11.6 Å². The van der Waals surface area contributed by atoms with Crippen molar-refractivity contribution in [3.05, 3.63) is 28.3 Å². The number of hydrogen-bond donors (Lipinski definition) is 0. The summed E-state index contributed by atoms with van der Waals surface area (Å²) in [4.78, 5) is 9.83. The van der Waals surface area contributed by atoms with Gasteiger partial charge in [0.2, 0.25) is 0 Å². The lowest BCUT2D eigenvalue weighted by Crippen LogP contribution is -2.16. The first-order chi connectivity index (χ1) is 8.81. The second-order valence-electron chi connectivity index (χ2n) is 4.13. The number of sulfone groups is 1. The van der Waals surface area contributed by atoms with E-state index in [0.29, 0.717) is 0 Å². The number of alkyl halides is 1. The summed E-state index contributed by atoms with van der Waals surface area (Å²) >= 11 is 5.58. The van der Waals surface area contributed by atoms with Crippen LogP contribution < -0.4 is 4.74 Å². The Morgan fingerprint density at radius 3 is 2.58 bits per heavy atom. The molecule has 6 nitrogen and oxygen atoms in total. The number of methoxy groups -OCH3 is 1. The maximum Gasteiger partial charge on any atom is 0.288 e. The van der Waals surface area contributed by atoms with E-state index < -0.39 is 20.4 Å². The van der Waals surface area contributed by atoms with Crippen molar-refractivity contribution in [2.75, 3.05) is 18.7 Å². The van der Waals surface area contributed by atoms with Gasteiger partial charge in [-0.3, -0.25) is 10.1 Å². The molecule has 0 N–H and O–H groups in total. The highest BCUT2D eigenvalue weighted by molar-refractivity contribution is 7.91. The van der Waals surface area contributed by atoms with Gasteiger partial charge in [-0.25, -0.2) is 8.42 Å². The third-order valence-electron chi connectivity index (χ3n) is 2.47. The van der Waals surface area contributed by atoms with Gasteiger partial charge in [0.1, 0.15) is 10.6 Å². The summed E-state index contributed by atoms with van der Waals surface area (Å²) in [6, 6.07) is 3.63. The Morgan fingerprint density at radius 1 is 1.47 bits per heavy atom. The first-order valence-corrected chi connectivity index (χ1v) is 7.61. The number of nitrogens with zero attached hydrogens (tertiary/aromatic N) is 1. The van der Waals surface area contributed by atoms with Gasteiger partial charge in [-0.15, -0.1) is 11.6 Å². The molecule has 0 saturated carbocycles. The molecule has 1 atom stereocenters. The lowest BCUT2D eigenvalue weighted by atomic mass is 10.3. The predicted octanol–water partition coefficient (Wildman–Crippen LogP) is 2.25. The highest BCUT2D eigenvalue weighted by atomic mass is 35.5. The second kappa shape index (κ2) is 6.21. The average Bonchev–Trinajstić information content (AvgIpc) is 2.37. The maximum atomic E-state index is 12.2. The van der Waals surface area contributed by atoms with E-state index in [0.717, 1.165) is 12.1 Å². The molecule has 0 aromatic heterocycles. The SMILES string of the molecule is COc1ccc([N+](=O)[O-])c(S(=O)(=O)CC(C)CCl)c1. The lowest BCUT2D eigenvalue weighted by molar-refractivity contribution is -0.387. The van der Waals surface area contributed by atoms with Crippen molar-refractivity contribution in [1.29, 1.82) is 0 Å². The standard InChI is InChI=1S/C11H14ClNO5S/c1-8(6-12)7-19(16,17)11-5-9(18-2)3-4-10(11)13(14)15/h3-5,8H,6-7H2,1-2H3. The number of benzene rings is 1. The Labute approximate surface area is 116 Å². The number of rotatable bonds is 6. The van der Waals surface area contributed by atoms with Crippen molar-refractivity contribution >= 4 is 27.1 Å². The van der Waals surface area contributed by atoms with Gasteiger partial charge in [-0.1, -0.05) is 6.92 Å². The lowest BCUT2D eigenvalue weighted by Gasteiger charge is -2.10. The van der Waals surface area contributed by atoms with Crippen molar-refractivity contribution < 1.29 is 18.1 Å². The number of halogens is 1.